The first-order valence-corrected chi connectivity index (χ1v) is 9.38. The van der Waals surface area contributed by atoms with Crippen LogP contribution in [-0.4, -0.2) is 35.4 Å². The fourth-order valence-electron chi connectivity index (χ4n) is 3.05. The Morgan fingerprint density at radius 3 is 2.76 bits per heavy atom. The third kappa shape index (κ3) is 4.07. The maximum absolute atomic E-state index is 12.9. The Balaban J connectivity index is 1.66. The summed E-state index contributed by atoms with van der Waals surface area (Å²) in [7, 11) is 1.34. The second kappa shape index (κ2) is 7.78. The summed E-state index contributed by atoms with van der Waals surface area (Å²) in [6, 6.07) is 10.2. The van der Waals surface area contributed by atoms with Gasteiger partial charge in [-0.05, 0) is 24.3 Å². The van der Waals surface area contributed by atoms with Crippen LogP contribution in [0, 0.1) is 5.92 Å². The van der Waals surface area contributed by atoms with Gasteiger partial charge >= 0.3 is 5.97 Å². The molecule has 1 fully saturated rings. The van der Waals surface area contributed by atoms with Crippen LogP contribution in [-0.2, 0) is 16.1 Å². The Labute approximate surface area is 151 Å². The van der Waals surface area contributed by atoms with Crippen LogP contribution in [0.1, 0.15) is 46.7 Å². The van der Waals surface area contributed by atoms with Crippen molar-refractivity contribution in [2.75, 3.05) is 13.7 Å². The third-order valence-electron chi connectivity index (χ3n) is 4.41. The van der Waals surface area contributed by atoms with Gasteiger partial charge in [0, 0.05) is 17.8 Å². The number of carbonyl (C=O) groups is 2. The van der Waals surface area contributed by atoms with Crippen molar-refractivity contribution in [1.82, 2.24) is 9.88 Å². The van der Waals surface area contributed by atoms with E-state index in [1.807, 2.05) is 23.1 Å². The molecule has 1 aliphatic carbocycles. The van der Waals surface area contributed by atoms with Crippen LogP contribution in [0.25, 0.3) is 0 Å². The van der Waals surface area contributed by atoms with Crippen molar-refractivity contribution >= 4 is 23.2 Å². The van der Waals surface area contributed by atoms with E-state index < -0.39 is 5.97 Å². The Morgan fingerprint density at radius 1 is 1.32 bits per heavy atom. The fraction of sp³-hybridized carbons (Fsp3) is 0.421. The first-order valence-electron chi connectivity index (χ1n) is 8.50. The summed E-state index contributed by atoms with van der Waals surface area (Å²) in [4.78, 5) is 30.6. The molecule has 1 saturated carbocycles. The van der Waals surface area contributed by atoms with Gasteiger partial charge < -0.3 is 9.64 Å². The molecule has 0 N–H and O–H groups in total. The molecule has 1 aliphatic rings. The minimum absolute atomic E-state index is 0.0639. The molecule has 2 aromatic rings. The molecule has 5 nitrogen and oxygen atoms in total. The molecular weight excluding hydrogens is 336 g/mol. The van der Waals surface area contributed by atoms with Crippen LogP contribution >= 0.6 is 11.3 Å². The average Bonchev–Trinajstić information content (AvgIpc) is 3.32. The summed E-state index contributed by atoms with van der Waals surface area (Å²) in [6.07, 6.45) is 1.80. The van der Waals surface area contributed by atoms with E-state index in [2.05, 4.69) is 28.8 Å². The van der Waals surface area contributed by atoms with Gasteiger partial charge in [-0.25, -0.2) is 9.78 Å². The van der Waals surface area contributed by atoms with Crippen molar-refractivity contribution in [3.05, 3.63) is 52.0 Å². The molecule has 2 atom stereocenters. The van der Waals surface area contributed by atoms with Gasteiger partial charge in [-0.2, -0.15) is 0 Å². The number of thiazole rings is 1. The predicted molar refractivity (Wildman–Crippen MR) is 96.5 cm³/mol. The summed E-state index contributed by atoms with van der Waals surface area (Å²) in [6.45, 7) is 3.21. The molecule has 1 amide bonds. The summed E-state index contributed by atoms with van der Waals surface area (Å²) >= 11 is 1.39. The van der Waals surface area contributed by atoms with Crippen molar-refractivity contribution < 1.29 is 14.3 Å². The van der Waals surface area contributed by atoms with Gasteiger partial charge in [0.05, 0.1) is 13.7 Å². The number of amides is 1. The molecule has 0 bridgehead atoms. The number of hydrogen-bond acceptors (Lipinski definition) is 5. The minimum Gasteiger partial charge on any atom is -0.464 e. The second-order valence-electron chi connectivity index (χ2n) is 6.24. The van der Waals surface area contributed by atoms with Gasteiger partial charge in [-0.1, -0.05) is 37.3 Å². The zero-order chi connectivity index (χ0) is 17.8. The van der Waals surface area contributed by atoms with E-state index in [1.165, 1.54) is 24.0 Å². The lowest BCUT2D eigenvalue weighted by atomic mass is 10.1. The van der Waals surface area contributed by atoms with E-state index in [0.717, 1.165) is 17.8 Å². The first-order chi connectivity index (χ1) is 12.1. The third-order valence-corrected chi connectivity index (χ3v) is 5.25. The molecule has 1 aromatic heterocycles. The SMILES string of the molecule is CCCN(Cc1nc(C(=O)OC)cs1)C(=O)C1CC1c1ccccc1. The summed E-state index contributed by atoms with van der Waals surface area (Å²) in [5, 5.41) is 2.44. The lowest BCUT2D eigenvalue weighted by molar-refractivity contribution is -0.133. The number of carbonyl (C=O) groups excluding carboxylic acids is 2. The normalized spacial score (nSPS) is 18.6. The van der Waals surface area contributed by atoms with Crippen LogP contribution in [0.15, 0.2) is 35.7 Å². The zero-order valence-corrected chi connectivity index (χ0v) is 15.3. The molecule has 0 saturated heterocycles. The number of rotatable bonds is 7. The molecular formula is C19H22N2O3S. The molecule has 6 heteroatoms. The molecule has 0 aliphatic heterocycles. The molecule has 0 radical (unpaired) electrons. The Hall–Kier alpha value is -2.21. The lowest BCUT2D eigenvalue weighted by Gasteiger charge is -2.21. The zero-order valence-electron chi connectivity index (χ0n) is 14.5. The second-order valence-corrected chi connectivity index (χ2v) is 7.18. The lowest BCUT2D eigenvalue weighted by Crippen LogP contribution is -2.32. The van der Waals surface area contributed by atoms with Crippen molar-refractivity contribution in [3.63, 3.8) is 0 Å². The highest BCUT2D eigenvalue weighted by Gasteiger charge is 2.45. The number of aromatic nitrogens is 1. The number of benzene rings is 1. The van der Waals surface area contributed by atoms with Crippen LogP contribution < -0.4 is 0 Å². The minimum atomic E-state index is -0.442. The molecule has 25 heavy (non-hydrogen) atoms. The van der Waals surface area contributed by atoms with E-state index in [0.29, 0.717) is 24.7 Å². The largest absolute Gasteiger partial charge is 0.464 e. The molecule has 3 rings (SSSR count). The number of hydrogen-bond donors (Lipinski definition) is 0. The molecule has 1 aromatic carbocycles. The number of esters is 1. The topological polar surface area (TPSA) is 59.5 Å². The standard InChI is InChI=1S/C19H22N2O3S/c1-3-9-21(11-17-20-16(12-25-17)19(23)24-2)18(22)15-10-14(15)13-7-5-4-6-8-13/h4-8,12,14-15H,3,9-11H2,1-2H3. The highest BCUT2D eigenvalue weighted by molar-refractivity contribution is 7.09. The predicted octanol–water partition coefficient (Wildman–Crippen LogP) is 3.47. The average molecular weight is 358 g/mol. The van der Waals surface area contributed by atoms with Crippen molar-refractivity contribution in [2.45, 2.75) is 32.2 Å². The monoisotopic (exact) mass is 358 g/mol. The van der Waals surface area contributed by atoms with E-state index >= 15 is 0 Å². The molecule has 0 spiro atoms. The van der Waals surface area contributed by atoms with Gasteiger partial charge in [0.15, 0.2) is 5.69 Å². The molecule has 132 valence electrons. The van der Waals surface area contributed by atoms with E-state index in [1.54, 1.807) is 5.38 Å². The Bertz CT molecular complexity index is 744. The van der Waals surface area contributed by atoms with Gasteiger partial charge in [0.25, 0.3) is 0 Å². The van der Waals surface area contributed by atoms with Crippen LogP contribution in [0.5, 0.6) is 0 Å². The number of nitrogens with zero attached hydrogens (tertiary/aromatic N) is 2. The van der Waals surface area contributed by atoms with Crippen molar-refractivity contribution in [3.8, 4) is 0 Å². The fourth-order valence-corrected chi connectivity index (χ4v) is 3.83. The maximum atomic E-state index is 12.9. The summed E-state index contributed by atoms with van der Waals surface area (Å²) in [5.41, 5.74) is 1.54. The van der Waals surface area contributed by atoms with Crippen LogP contribution in [0.3, 0.4) is 0 Å². The van der Waals surface area contributed by atoms with Crippen LogP contribution in [0.2, 0.25) is 0 Å². The highest BCUT2D eigenvalue weighted by Crippen LogP contribution is 2.48. The quantitative estimate of drug-likeness (QED) is 0.711. The van der Waals surface area contributed by atoms with E-state index in [-0.39, 0.29) is 11.8 Å². The summed E-state index contributed by atoms with van der Waals surface area (Å²) < 4.78 is 4.69. The van der Waals surface area contributed by atoms with Crippen LogP contribution in [0.4, 0.5) is 0 Å². The van der Waals surface area contributed by atoms with Gasteiger partial charge in [-0.3, -0.25) is 4.79 Å². The summed E-state index contributed by atoms with van der Waals surface area (Å²) in [5.74, 6) is 0.136. The first kappa shape index (κ1) is 17.6. The van der Waals surface area contributed by atoms with Gasteiger partial charge in [0.2, 0.25) is 5.91 Å². The molecule has 1 heterocycles. The van der Waals surface area contributed by atoms with Gasteiger partial charge in [0.1, 0.15) is 5.01 Å². The van der Waals surface area contributed by atoms with Crippen molar-refractivity contribution in [1.29, 1.82) is 0 Å². The Kier molecular flexibility index (Phi) is 5.48. The maximum Gasteiger partial charge on any atom is 0.357 e. The van der Waals surface area contributed by atoms with E-state index in [9.17, 15) is 9.59 Å². The molecule has 2 unspecified atom stereocenters. The van der Waals surface area contributed by atoms with Gasteiger partial charge in [-0.15, -0.1) is 11.3 Å². The number of ether oxygens (including phenoxy) is 1. The number of methoxy groups -OCH3 is 1. The highest BCUT2D eigenvalue weighted by atomic mass is 32.1. The van der Waals surface area contributed by atoms with Crippen molar-refractivity contribution in [2.24, 2.45) is 5.92 Å². The van der Waals surface area contributed by atoms with E-state index in [4.69, 9.17) is 0 Å². The smallest absolute Gasteiger partial charge is 0.357 e. The Morgan fingerprint density at radius 2 is 2.08 bits per heavy atom.